The minimum absolute atomic E-state index is 0.109. The van der Waals surface area contributed by atoms with E-state index in [-0.39, 0.29) is 24.1 Å². The summed E-state index contributed by atoms with van der Waals surface area (Å²) in [5.41, 5.74) is -0.628. The third-order valence-corrected chi connectivity index (χ3v) is 4.94. The summed E-state index contributed by atoms with van der Waals surface area (Å²) in [5.74, 6) is -0.771. The van der Waals surface area contributed by atoms with E-state index >= 15 is 0 Å². The highest BCUT2D eigenvalue weighted by molar-refractivity contribution is 7.99. The number of rotatable bonds is 7. The normalized spacial score (nSPS) is 19.1. The van der Waals surface area contributed by atoms with E-state index in [4.69, 9.17) is 0 Å². The molecule has 0 spiro atoms. The minimum Gasteiger partial charge on any atom is -0.355 e. The average molecular weight is 364 g/mol. The van der Waals surface area contributed by atoms with Crippen LogP contribution in [0, 0.1) is 0 Å². The molecule has 0 radical (unpaired) electrons. The van der Waals surface area contributed by atoms with Crippen molar-refractivity contribution in [2.24, 2.45) is 0 Å². The van der Waals surface area contributed by atoms with Gasteiger partial charge in [-0.3, -0.25) is 19.7 Å². The predicted molar refractivity (Wildman–Crippen MR) is 93.3 cm³/mol. The minimum atomic E-state index is -1.04. The smallest absolute Gasteiger partial charge is 0.322 e. The van der Waals surface area contributed by atoms with E-state index < -0.39 is 17.5 Å². The van der Waals surface area contributed by atoms with Crippen LogP contribution in [0.1, 0.15) is 24.2 Å². The SMILES string of the molecule is CCNC(=O)CNC(=O)c1ccccc1SC[C@@]1(C)NC(=O)NC1=O. The van der Waals surface area contributed by atoms with E-state index in [1.807, 2.05) is 0 Å². The van der Waals surface area contributed by atoms with Gasteiger partial charge in [-0.05, 0) is 26.0 Å². The summed E-state index contributed by atoms with van der Waals surface area (Å²) in [6.07, 6.45) is 0. The number of hydrogen-bond donors (Lipinski definition) is 4. The lowest BCUT2D eigenvalue weighted by Gasteiger charge is -2.20. The fourth-order valence-corrected chi connectivity index (χ4v) is 3.34. The molecule has 0 saturated carbocycles. The molecule has 1 aliphatic heterocycles. The molecule has 0 bridgehead atoms. The largest absolute Gasteiger partial charge is 0.355 e. The number of hydrogen-bond acceptors (Lipinski definition) is 5. The molecule has 1 fully saturated rings. The van der Waals surface area contributed by atoms with Crippen molar-refractivity contribution in [3.05, 3.63) is 29.8 Å². The third kappa shape index (κ3) is 4.72. The summed E-state index contributed by atoms with van der Waals surface area (Å²) >= 11 is 1.28. The maximum atomic E-state index is 12.3. The van der Waals surface area contributed by atoms with Crippen molar-refractivity contribution in [2.45, 2.75) is 24.3 Å². The van der Waals surface area contributed by atoms with Gasteiger partial charge < -0.3 is 16.0 Å². The van der Waals surface area contributed by atoms with Crippen LogP contribution in [0.4, 0.5) is 4.79 Å². The zero-order valence-electron chi connectivity index (χ0n) is 14.0. The highest BCUT2D eigenvalue weighted by Gasteiger charge is 2.41. The topological polar surface area (TPSA) is 116 Å². The number of likely N-dealkylation sites (N-methyl/N-ethyl adjacent to an activating group) is 1. The molecule has 1 atom stereocenters. The maximum absolute atomic E-state index is 12.3. The number of imide groups is 1. The highest BCUT2D eigenvalue weighted by atomic mass is 32.2. The lowest BCUT2D eigenvalue weighted by Crippen LogP contribution is -2.46. The van der Waals surface area contributed by atoms with Gasteiger partial charge in [0.25, 0.3) is 11.8 Å². The fraction of sp³-hybridized carbons (Fsp3) is 0.375. The zero-order valence-corrected chi connectivity index (χ0v) is 14.8. The van der Waals surface area contributed by atoms with E-state index in [2.05, 4.69) is 21.3 Å². The van der Waals surface area contributed by atoms with E-state index in [9.17, 15) is 19.2 Å². The van der Waals surface area contributed by atoms with E-state index in [1.54, 1.807) is 38.1 Å². The Balaban J connectivity index is 2.03. The first-order valence-corrected chi connectivity index (χ1v) is 8.74. The molecule has 1 aromatic carbocycles. The molecule has 0 unspecified atom stereocenters. The van der Waals surface area contributed by atoms with Crippen molar-refractivity contribution in [2.75, 3.05) is 18.8 Å². The van der Waals surface area contributed by atoms with Crippen LogP contribution in [0.3, 0.4) is 0 Å². The maximum Gasteiger partial charge on any atom is 0.322 e. The number of carbonyl (C=O) groups excluding carboxylic acids is 4. The lowest BCUT2D eigenvalue weighted by molar-refractivity contribution is -0.122. The van der Waals surface area contributed by atoms with Crippen molar-refractivity contribution in [1.29, 1.82) is 0 Å². The highest BCUT2D eigenvalue weighted by Crippen LogP contribution is 2.27. The number of carbonyl (C=O) groups is 4. The molecular formula is C16H20N4O4S. The van der Waals surface area contributed by atoms with Gasteiger partial charge in [0, 0.05) is 17.2 Å². The van der Waals surface area contributed by atoms with Crippen molar-refractivity contribution in [3.8, 4) is 0 Å². The van der Waals surface area contributed by atoms with Gasteiger partial charge in [0.1, 0.15) is 5.54 Å². The van der Waals surface area contributed by atoms with E-state index in [1.165, 1.54) is 11.8 Å². The van der Waals surface area contributed by atoms with Gasteiger partial charge in [-0.15, -0.1) is 11.8 Å². The Morgan fingerprint density at radius 3 is 2.56 bits per heavy atom. The van der Waals surface area contributed by atoms with Crippen LogP contribution in [0.5, 0.6) is 0 Å². The van der Waals surface area contributed by atoms with Gasteiger partial charge in [-0.1, -0.05) is 12.1 Å². The van der Waals surface area contributed by atoms with E-state index in [0.29, 0.717) is 17.0 Å². The quantitative estimate of drug-likeness (QED) is 0.409. The first-order chi connectivity index (χ1) is 11.9. The van der Waals surface area contributed by atoms with Crippen LogP contribution in [0.2, 0.25) is 0 Å². The Labute approximate surface area is 149 Å². The molecule has 1 heterocycles. The standard InChI is InChI=1S/C16H20N4O4S/c1-3-17-12(21)8-18-13(22)10-6-4-5-7-11(10)25-9-16(2)14(23)19-15(24)20-16/h4-7H,3,8-9H2,1-2H3,(H,17,21)(H,18,22)(H2,19,20,23,24)/t16-/m1/s1. The summed E-state index contributed by atoms with van der Waals surface area (Å²) in [6.45, 7) is 3.80. The van der Waals surface area contributed by atoms with Gasteiger partial charge in [-0.2, -0.15) is 0 Å². The van der Waals surface area contributed by atoms with Crippen LogP contribution in [-0.4, -0.2) is 48.1 Å². The summed E-state index contributed by atoms with van der Waals surface area (Å²) in [6, 6.07) is 6.37. The number of nitrogens with one attached hydrogen (secondary N) is 4. The first kappa shape index (κ1) is 18.8. The number of urea groups is 1. The van der Waals surface area contributed by atoms with E-state index in [0.717, 1.165) is 0 Å². The Morgan fingerprint density at radius 1 is 1.20 bits per heavy atom. The summed E-state index contributed by atoms with van der Waals surface area (Å²) in [5, 5.41) is 9.94. The molecule has 5 amide bonds. The Bertz CT molecular complexity index is 709. The molecule has 1 aromatic rings. The van der Waals surface area contributed by atoms with Crippen LogP contribution in [-0.2, 0) is 9.59 Å². The average Bonchev–Trinajstić information content (AvgIpc) is 2.84. The molecular weight excluding hydrogens is 344 g/mol. The van der Waals surface area contributed by atoms with Crippen LogP contribution in [0.25, 0.3) is 0 Å². The number of amides is 5. The van der Waals surface area contributed by atoms with Gasteiger partial charge >= 0.3 is 6.03 Å². The van der Waals surface area contributed by atoms with Crippen molar-refractivity contribution < 1.29 is 19.2 Å². The van der Waals surface area contributed by atoms with Gasteiger partial charge in [0.15, 0.2) is 0 Å². The Morgan fingerprint density at radius 2 is 1.92 bits per heavy atom. The molecule has 0 aromatic heterocycles. The molecule has 8 nitrogen and oxygen atoms in total. The van der Waals surface area contributed by atoms with Crippen LogP contribution < -0.4 is 21.3 Å². The van der Waals surface area contributed by atoms with Crippen LogP contribution >= 0.6 is 11.8 Å². The fourth-order valence-electron chi connectivity index (χ4n) is 2.20. The van der Waals surface area contributed by atoms with Gasteiger partial charge in [-0.25, -0.2) is 4.79 Å². The van der Waals surface area contributed by atoms with Crippen molar-refractivity contribution in [1.82, 2.24) is 21.3 Å². The van der Waals surface area contributed by atoms with Crippen LogP contribution in [0.15, 0.2) is 29.2 Å². The number of thioether (sulfide) groups is 1. The molecule has 4 N–H and O–H groups in total. The second kappa shape index (κ2) is 8.02. The molecule has 25 heavy (non-hydrogen) atoms. The van der Waals surface area contributed by atoms with Gasteiger partial charge in [0.05, 0.1) is 12.1 Å². The summed E-state index contributed by atoms with van der Waals surface area (Å²) < 4.78 is 0. The predicted octanol–water partition coefficient (Wildman–Crippen LogP) is 0.243. The Hall–Kier alpha value is -2.55. The molecule has 1 aliphatic rings. The summed E-state index contributed by atoms with van der Waals surface area (Å²) in [7, 11) is 0. The second-order valence-corrected chi connectivity index (χ2v) is 6.68. The van der Waals surface area contributed by atoms with Crippen molar-refractivity contribution in [3.63, 3.8) is 0 Å². The molecule has 2 rings (SSSR count). The molecule has 0 aliphatic carbocycles. The monoisotopic (exact) mass is 364 g/mol. The summed E-state index contributed by atoms with van der Waals surface area (Å²) in [4.78, 5) is 47.6. The second-order valence-electron chi connectivity index (χ2n) is 5.66. The molecule has 9 heteroatoms. The lowest BCUT2D eigenvalue weighted by atomic mass is 10.1. The third-order valence-electron chi connectivity index (χ3n) is 3.55. The number of benzene rings is 1. The van der Waals surface area contributed by atoms with Gasteiger partial charge in [0.2, 0.25) is 5.91 Å². The zero-order chi connectivity index (χ0) is 18.4. The molecule has 1 saturated heterocycles. The Kier molecular flexibility index (Phi) is 6.02. The van der Waals surface area contributed by atoms with Crippen molar-refractivity contribution >= 4 is 35.5 Å². The first-order valence-electron chi connectivity index (χ1n) is 7.76. The molecule has 134 valence electrons.